The van der Waals surface area contributed by atoms with E-state index in [0.29, 0.717) is 24.6 Å². The number of hydrogen-bond acceptors (Lipinski definition) is 4. The fraction of sp³-hybridized carbons (Fsp3) is 0.400. The van der Waals surface area contributed by atoms with Crippen LogP contribution in [0.25, 0.3) is 5.00 Å². The molecule has 4 heterocycles. The highest BCUT2D eigenvalue weighted by molar-refractivity contribution is 7.15. The van der Waals surface area contributed by atoms with E-state index in [1.807, 2.05) is 47.4 Å². The summed E-state index contributed by atoms with van der Waals surface area (Å²) in [5, 5.41) is 4.41. The van der Waals surface area contributed by atoms with Gasteiger partial charge in [-0.1, -0.05) is 19.1 Å². The van der Waals surface area contributed by atoms with Crippen molar-refractivity contribution in [1.82, 2.24) is 14.4 Å². The molecule has 1 atom stereocenters. The van der Waals surface area contributed by atoms with Gasteiger partial charge in [-0.05, 0) is 56.6 Å². The summed E-state index contributed by atoms with van der Waals surface area (Å²) in [6, 6.07) is 11.8. The molecule has 1 aromatic carbocycles. The van der Waals surface area contributed by atoms with E-state index in [1.54, 1.807) is 0 Å². The van der Waals surface area contributed by atoms with Crippen molar-refractivity contribution in [3.8, 4) is 10.8 Å². The number of para-hydroxylation sites is 2. The molecular formula is C25H30N4O2S. The average molecular weight is 451 g/mol. The fourth-order valence-electron chi connectivity index (χ4n) is 4.91. The van der Waals surface area contributed by atoms with Gasteiger partial charge in [-0.25, -0.2) is 4.79 Å². The van der Waals surface area contributed by atoms with E-state index < -0.39 is 0 Å². The quantitative estimate of drug-likeness (QED) is 0.577. The number of carbonyl (C=O) groups excluding carboxylic acids is 1. The summed E-state index contributed by atoms with van der Waals surface area (Å²) in [5.41, 5.74) is 4.63. The topological polar surface area (TPSA) is 49.7 Å². The summed E-state index contributed by atoms with van der Waals surface area (Å²) in [5.74, 6) is 0.700. The third-order valence-electron chi connectivity index (χ3n) is 6.46. The molecule has 2 amide bonds. The maximum atomic E-state index is 13.7. The van der Waals surface area contributed by atoms with Crippen molar-refractivity contribution in [3.05, 3.63) is 64.3 Å². The molecule has 0 radical (unpaired) electrons. The lowest BCUT2D eigenvalue weighted by Gasteiger charge is -2.31. The van der Waals surface area contributed by atoms with Gasteiger partial charge in [-0.15, -0.1) is 11.3 Å². The second kappa shape index (κ2) is 8.64. The van der Waals surface area contributed by atoms with Gasteiger partial charge in [0.2, 0.25) is 0 Å². The van der Waals surface area contributed by atoms with Crippen LogP contribution in [-0.4, -0.2) is 40.6 Å². The largest absolute Gasteiger partial charge is 0.492 e. The van der Waals surface area contributed by atoms with Gasteiger partial charge in [-0.3, -0.25) is 0 Å². The highest BCUT2D eigenvalue weighted by Gasteiger charge is 2.34. The summed E-state index contributed by atoms with van der Waals surface area (Å²) in [6.07, 6.45) is 4.03. The molecule has 1 N–H and O–H groups in total. The van der Waals surface area contributed by atoms with E-state index in [0.717, 1.165) is 25.9 Å². The van der Waals surface area contributed by atoms with Gasteiger partial charge < -0.3 is 24.4 Å². The number of anilines is 1. The molecule has 0 saturated heterocycles. The zero-order chi connectivity index (χ0) is 22.2. The van der Waals surface area contributed by atoms with Crippen molar-refractivity contribution in [2.75, 3.05) is 25.5 Å². The molecule has 0 saturated carbocycles. The minimum absolute atomic E-state index is 0.00534. The van der Waals surface area contributed by atoms with Crippen LogP contribution in [0.15, 0.2) is 42.6 Å². The van der Waals surface area contributed by atoms with E-state index in [4.69, 9.17) is 4.74 Å². The molecule has 0 bridgehead atoms. The molecule has 0 spiro atoms. The summed E-state index contributed by atoms with van der Waals surface area (Å²) in [7, 11) is 2.18. The monoisotopic (exact) mass is 450 g/mol. The van der Waals surface area contributed by atoms with Gasteiger partial charge in [0.25, 0.3) is 0 Å². The first-order valence-electron chi connectivity index (χ1n) is 11.4. The predicted octanol–water partition coefficient (Wildman–Crippen LogP) is 5.42. The number of rotatable bonds is 4. The molecular weight excluding hydrogens is 420 g/mol. The van der Waals surface area contributed by atoms with E-state index in [2.05, 4.69) is 47.1 Å². The summed E-state index contributed by atoms with van der Waals surface area (Å²) < 4.78 is 8.05. The standard InChI is InChI=1S/C25H30N4O2S/c1-4-20-21-10-8-13-28(21)24-18(17-12-14-27(3)16-23(17)32-24)15-29(20)25(30)26-19-9-6-7-11-22(19)31-5-2/h6-11,13,20H,4-5,12,14-16H2,1-3H3,(H,26,30)/t20-/m0/s1. The molecule has 2 aromatic heterocycles. The van der Waals surface area contributed by atoms with E-state index >= 15 is 0 Å². The molecule has 0 aliphatic carbocycles. The second-order valence-electron chi connectivity index (χ2n) is 8.49. The van der Waals surface area contributed by atoms with Crippen LogP contribution in [0.2, 0.25) is 0 Å². The lowest BCUT2D eigenvalue weighted by atomic mass is 10.0. The zero-order valence-corrected chi connectivity index (χ0v) is 19.7. The lowest BCUT2D eigenvalue weighted by Crippen LogP contribution is -2.37. The van der Waals surface area contributed by atoms with Crippen LogP contribution < -0.4 is 10.1 Å². The maximum Gasteiger partial charge on any atom is 0.322 e. The first-order valence-corrected chi connectivity index (χ1v) is 12.2. The predicted molar refractivity (Wildman–Crippen MR) is 129 cm³/mol. The zero-order valence-electron chi connectivity index (χ0n) is 18.9. The second-order valence-corrected chi connectivity index (χ2v) is 9.57. The Morgan fingerprint density at radius 2 is 2.00 bits per heavy atom. The van der Waals surface area contributed by atoms with Crippen molar-refractivity contribution in [3.63, 3.8) is 0 Å². The van der Waals surface area contributed by atoms with Crippen molar-refractivity contribution in [2.45, 2.75) is 45.8 Å². The molecule has 0 fully saturated rings. The number of nitrogens with one attached hydrogen (secondary N) is 1. The van der Waals surface area contributed by atoms with Crippen molar-refractivity contribution in [1.29, 1.82) is 0 Å². The van der Waals surface area contributed by atoms with Gasteiger partial charge in [0.05, 0.1) is 24.9 Å². The first kappa shape index (κ1) is 21.1. The van der Waals surface area contributed by atoms with Gasteiger partial charge in [0.15, 0.2) is 0 Å². The Kier molecular flexibility index (Phi) is 5.69. The number of benzene rings is 1. The maximum absolute atomic E-state index is 13.7. The lowest BCUT2D eigenvalue weighted by molar-refractivity contribution is 0.181. The molecule has 2 aliphatic rings. The number of thiophene rings is 1. The Labute approximate surface area is 193 Å². The molecule has 2 aliphatic heterocycles. The minimum Gasteiger partial charge on any atom is -0.492 e. The number of carbonyl (C=O) groups is 1. The molecule has 5 rings (SSSR count). The van der Waals surface area contributed by atoms with E-state index in [-0.39, 0.29) is 12.1 Å². The summed E-state index contributed by atoms with van der Waals surface area (Å²) in [6.45, 7) is 7.32. The van der Waals surface area contributed by atoms with Crippen LogP contribution in [0.1, 0.15) is 48.0 Å². The molecule has 32 heavy (non-hydrogen) atoms. The Morgan fingerprint density at radius 3 is 2.81 bits per heavy atom. The Hall–Kier alpha value is -2.77. The van der Waals surface area contributed by atoms with Gasteiger partial charge in [0, 0.05) is 35.4 Å². The van der Waals surface area contributed by atoms with Gasteiger partial charge >= 0.3 is 6.03 Å². The SMILES string of the molecule is CCOc1ccccc1NC(=O)N1Cc2c(sc3c2CCN(C)C3)-n2cccc2[C@@H]1CC. The van der Waals surface area contributed by atoms with Crippen LogP contribution in [0, 0.1) is 0 Å². The Balaban J connectivity index is 1.54. The molecule has 168 valence electrons. The van der Waals surface area contributed by atoms with E-state index in [9.17, 15) is 4.79 Å². The van der Waals surface area contributed by atoms with Crippen molar-refractivity contribution < 1.29 is 9.53 Å². The first-order chi connectivity index (χ1) is 15.6. The van der Waals surface area contributed by atoms with Crippen LogP contribution >= 0.6 is 11.3 Å². The van der Waals surface area contributed by atoms with E-state index in [1.165, 1.54) is 26.7 Å². The fourth-order valence-corrected chi connectivity index (χ4v) is 6.35. The van der Waals surface area contributed by atoms with Crippen LogP contribution in [-0.2, 0) is 19.5 Å². The number of nitrogens with zero attached hydrogens (tertiary/aromatic N) is 3. The number of amides is 2. The molecule has 7 heteroatoms. The number of hydrogen-bond donors (Lipinski definition) is 1. The summed E-state index contributed by atoms with van der Waals surface area (Å²) in [4.78, 5) is 19.5. The molecule has 0 unspecified atom stereocenters. The third kappa shape index (κ3) is 3.59. The minimum atomic E-state index is -0.0857. The van der Waals surface area contributed by atoms with Crippen molar-refractivity contribution >= 4 is 23.1 Å². The summed E-state index contributed by atoms with van der Waals surface area (Å²) >= 11 is 1.88. The average Bonchev–Trinajstić information content (AvgIpc) is 3.37. The normalized spacial score (nSPS) is 17.8. The van der Waals surface area contributed by atoms with Crippen LogP contribution in [0.3, 0.4) is 0 Å². The van der Waals surface area contributed by atoms with Crippen LogP contribution in [0.5, 0.6) is 5.75 Å². The molecule has 6 nitrogen and oxygen atoms in total. The number of fused-ring (bicyclic) bond motifs is 5. The van der Waals surface area contributed by atoms with Gasteiger partial charge in [-0.2, -0.15) is 0 Å². The van der Waals surface area contributed by atoms with Crippen LogP contribution in [0.4, 0.5) is 10.5 Å². The Bertz CT molecular complexity index is 1130. The van der Waals surface area contributed by atoms with Crippen molar-refractivity contribution in [2.24, 2.45) is 0 Å². The van der Waals surface area contributed by atoms with Gasteiger partial charge in [0.1, 0.15) is 10.8 Å². The highest BCUT2D eigenvalue weighted by atomic mass is 32.1. The Morgan fingerprint density at radius 1 is 1.16 bits per heavy atom. The smallest absolute Gasteiger partial charge is 0.322 e. The number of urea groups is 1. The number of aromatic nitrogens is 1. The molecule has 3 aromatic rings. The third-order valence-corrected chi connectivity index (χ3v) is 7.72. The number of likely N-dealkylation sites (N-methyl/N-ethyl adjacent to an activating group) is 1. The number of ether oxygens (including phenoxy) is 1. The highest BCUT2D eigenvalue weighted by Crippen LogP contribution is 2.42.